The fraction of sp³-hybridized carbons (Fsp3) is 0.442. The highest BCUT2D eigenvalue weighted by Gasteiger charge is 2.38. The van der Waals surface area contributed by atoms with Crippen molar-refractivity contribution in [3.8, 4) is 28.3 Å². The molecule has 0 saturated heterocycles. The number of hydrogen-bond donors (Lipinski definition) is 7. The van der Waals surface area contributed by atoms with Gasteiger partial charge in [-0.3, -0.25) is 14.4 Å². The second kappa shape index (κ2) is 22.0. The van der Waals surface area contributed by atoms with Crippen LogP contribution in [0, 0.1) is 11.8 Å². The maximum Gasteiger partial charge on any atom is 0.490 e. The largest absolute Gasteiger partial charge is 0.496 e. The van der Waals surface area contributed by atoms with Gasteiger partial charge in [0, 0.05) is 53.3 Å². The Balaban J connectivity index is 0.000000985. The number of nitrogens with zero attached hydrogens (tertiary/aromatic N) is 4. The molecular weight excluding hydrogens is 828 g/mol. The fourth-order valence-corrected chi connectivity index (χ4v) is 7.71. The third-order valence-corrected chi connectivity index (χ3v) is 11.3. The highest BCUT2D eigenvalue weighted by Crippen LogP contribution is 2.32. The zero-order valence-electron chi connectivity index (χ0n) is 35.1. The molecule has 3 aromatic carbocycles. The summed E-state index contributed by atoms with van der Waals surface area (Å²) in [6, 6.07) is 20.0. The quantitative estimate of drug-likeness (QED) is 0.0829. The van der Waals surface area contributed by atoms with Gasteiger partial charge in [-0.2, -0.15) is 18.4 Å². The van der Waals surface area contributed by atoms with Crippen LogP contribution in [0.4, 0.5) is 23.7 Å². The van der Waals surface area contributed by atoms with E-state index in [-0.39, 0.29) is 42.0 Å². The molecule has 7 N–H and O–H groups in total. The van der Waals surface area contributed by atoms with Crippen LogP contribution in [0.25, 0.3) is 22.5 Å². The molecule has 0 aliphatic heterocycles. The molecule has 1 heterocycles. The Morgan fingerprint density at radius 2 is 1.51 bits per heavy atom. The van der Waals surface area contributed by atoms with Gasteiger partial charge in [-0.05, 0) is 130 Å². The molecule has 4 amide bonds. The third-order valence-electron chi connectivity index (χ3n) is 11.3. The SMILES string of the molecule is COc1cc(C(=O)NC2CCC(N(C)C)CC2)ccc1-c1ccc(C[C@H](NC(=O)[C@H]2CC[C@H](CNC(=O)O)CC2)C(=O)Nc2ccc(-c3nn[nH]n3)cc2)cc1.O=C(O)C(F)(F)F. The van der Waals surface area contributed by atoms with Crippen LogP contribution in [-0.4, -0.2) is 118 Å². The number of ether oxygens (including phenoxy) is 1. The van der Waals surface area contributed by atoms with E-state index >= 15 is 0 Å². The fourth-order valence-electron chi connectivity index (χ4n) is 7.71. The Kier molecular flexibility index (Phi) is 16.6. The minimum absolute atomic E-state index is 0.115. The number of tetrazole rings is 1. The van der Waals surface area contributed by atoms with Crippen LogP contribution < -0.4 is 26.0 Å². The molecule has 338 valence electrons. The van der Waals surface area contributed by atoms with Gasteiger partial charge in [-0.1, -0.05) is 24.3 Å². The van der Waals surface area contributed by atoms with Gasteiger partial charge in [-0.25, -0.2) is 9.59 Å². The van der Waals surface area contributed by atoms with Crippen molar-refractivity contribution in [3.63, 3.8) is 0 Å². The molecule has 17 nitrogen and oxygen atoms in total. The van der Waals surface area contributed by atoms with Crippen molar-refractivity contribution in [2.24, 2.45) is 11.8 Å². The number of aromatic nitrogens is 4. The summed E-state index contributed by atoms with van der Waals surface area (Å²) in [5.74, 6) is -2.54. The lowest BCUT2D eigenvalue weighted by Gasteiger charge is -2.33. The van der Waals surface area contributed by atoms with Gasteiger partial charge >= 0.3 is 18.2 Å². The number of benzene rings is 3. The lowest BCUT2D eigenvalue weighted by molar-refractivity contribution is -0.192. The number of H-pyrrole nitrogens is 1. The van der Waals surface area contributed by atoms with Gasteiger partial charge in [0.2, 0.25) is 17.6 Å². The number of carbonyl (C=O) groups excluding carboxylic acids is 3. The standard InChI is InChI=1S/C41H51N9O6.C2HF3O2/c1-50(2)33-19-17-32(18-20-33)43-39(52)30-14-21-34(36(23-30)56-3)27-8-4-25(5-9-27)22-35(45-38(51)29-10-6-26(7-11-29)24-42-41(54)55)40(53)44-31-15-12-28(13-16-31)37-46-48-49-47-37;3-2(4,5)1(6)7/h4-5,8-9,12-16,21,23,26,29,32-33,35,42H,6-7,10-11,17-20,22,24H2,1-3H3,(H,43,52)(H,44,53)(H,45,51)(H,54,55)(H,46,47,48,49);(H,6,7)/t26-,29-,32?,33?,35-;/m0./s1. The molecular formula is C43H52F3N9O8. The molecule has 1 atom stereocenters. The third kappa shape index (κ3) is 14.0. The van der Waals surface area contributed by atoms with E-state index in [0.717, 1.165) is 60.8 Å². The molecule has 2 aliphatic carbocycles. The molecule has 20 heteroatoms. The van der Waals surface area contributed by atoms with E-state index < -0.39 is 24.3 Å². The zero-order valence-corrected chi connectivity index (χ0v) is 35.1. The van der Waals surface area contributed by atoms with Gasteiger partial charge in [0.25, 0.3) is 5.91 Å². The molecule has 4 aromatic rings. The van der Waals surface area contributed by atoms with Gasteiger partial charge in [0.05, 0.1) is 7.11 Å². The highest BCUT2D eigenvalue weighted by molar-refractivity contribution is 5.98. The number of hydrogen-bond acceptors (Lipinski definition) is 10. The first-order valence-corrected chi connectivity index (χ1v) is 20.5. The molecule has 2 saturated carbocycles. The van der Waals surface area contributed by atoms with Gasteiger partial charge in [0.15, 0.2) is 0 Å². The molecule has 1 aromatic heterocycles. The number of aromatic amines is 1. The Bertz CT molecular complexity index is 2160. The summed E-state index contributed by atoms with van der Waals surface area (Å²) < 4.78 is 37.5. The number of carboxylic acid groups (broad SMARTS) is 2. The average Bonchev–Trinajstić information content (AvgIpc) is 3.81. The summed E-state index contributed by atoms with van der Waals surface area (Å²) in [5.41, 5.74) is 4.34. The van der Waals surface area contributed by atoms with E-state index in [9.17, 15) is 32.3 Å². The van der Waals surface area contributed by atoms with Crippen LogP contribution in [0.1, 0.15) is 67.3 Å². The van der Waals surface area contributed by atoms with E-state index in [0.29, 0.717) is 48.3 Å². The summed E-state index contributed by atoms with van der Waals surface area (Å²) in [7, 11) is 5.79. The van der Waals surface area contributed by atoms with Crippen molar-refractivity contribution >= 4 is 35.5 Å². The second-order valence-electron chi connectivity index (χ2n) is 15.8. The van der Waals surface area contributed by atoms with Crippen molar-refractivity contribution in [3.05, 3.63) is 77.9 Å². The Hall–Kier alpha value is -6.57. The van der Waals surface area contributed by atoms with E-state index in [1.165, 1.54) is 0 Å². The maximum absolute atomic E-state index is 13.8. The number of amides is 4. The van der Waals surface area contributed by atoms with Crippen molar-refractivity contribution in [1.29, 1.82) is 0 Å². The molecule has 0 bridgehead atoms. The molecule has 0 spiro atoms. The lowest BCUT2D eigenvalue weighted by Crippen LogP contribution is -2.48. The predicted octanol–water partition coefficient (Wildman–Crippen LogP) is 5.52. The van der Waals surface area contributed by atoms with Crippen LogP contribution in [0.15, 0.2) is 66.7 Å². The number of alkyl halides is 3. The highest BCUT2D eigenvalue weighted by atomic mass is 19.4. The first kappa shape index (κ1) is 47.5. The number of carboxylic acids is 1. The molecule has 2 fully saturated rings. The van der Waals surface area contributed by atoms with Crippen molar-refractivity contribution < 1.29 is 52.1 Å². The van der Waals surface area contributed by atoms with Crippen molar-refractivity contribution in [2.75, 3.05) is 33.1 Å². The molecule has 0 radical (unpaired) electrons. The van der Waals surface area contributed by atoms with Crippen LogP contribution in [-0.2, 0) is 20.8 Å². The summed E-state index contributed by atoms with van der Waals surface area (Å²) in [4.78, 5) is 62.7. The zero-order chi connectivity index (χ0) is 45.7. The smallest absolute Gasteiger partial charge is 0.490 e. The van der Waals surface area contributed by atoms with Crippen molar-refractivity contribution in [2.45, 2.75) is 82.1 Å². The van der Waals surface area contributed by atoms with E-state index in [1.807, 2.05) is 36.4 Å². The molecule has 0 unspecified atom stereocenters. The second-order valence-corrected chi connectivity index (χ2v) is 15.8. The number of nitrogens with one attached hydrogen (secondary N) is 5. The number of rotatable bonds is 14. The van der Waals surface area contributed by atoms with Crippen LogP contribution in [0.3, 0.4) is 0 Å². The lowest BCUT2D eigenvalue weighted by atomic mass is 9.81. The normalized spacial score (nSPS) is 19.1. The number of carbonyl (C=O) groups is 5. The summed E-state index contributed by atoms with van der Waals surface area (Å²) in [5, 5.41) is 41.7. The Morgan fingerprint density at radius 3 is 2.06 bits per heavy atom. The monoisotopic (exact) mass is 879 g/mol. The number of methoxy groups -OCH3 is 1. The maximum atomic E-state index is 13.8. The van der Waals surface area contributed by atoms with Gasteiger partial charge in [0.1, 0.15) is 11.8 Å². The number of halogens is 3. The van der Waals surface area contributed by atoms with Crippen molar-refractivity contribution in [1.82, 2.24) is 41.5 Å². The number of aliphatic carboxylic acids is 1. The van der Waals surface area contributed by atoms with E-state index in [4.69, 9.17) is 19.7 Å². The van der Waals surface area contributed by atoms with E-state index in [2.05, 4.69) is 60.9 Å². The first-order valence-electron chi connectivity index (χ1n) is 20.5. The minimum atomic E-state index is -5.08. The Morgan fingerprint density at radius 1 is 0.873 bits per heavy atom. The van der Waals surface area contributed by atoms with Crippen LogP contribution >= 0.6 is 0 Å². The van der Waals surface area contributed by atoms with Crippen LogP contribution in [0.5, 0.6) is 5.75 Å². The van der Waals surface area contributed by atoms with E-state index in [1.54, 1.807) is 37.4 Å². The molecule has 63 heavy (non-hydrogen) atoms. The summed E-state index contributed by atoms with van der Waals surface area (Å²) in [6.45, 7) is 0.361. The molecule has 6 rings (SSSR count). The van der Waals surface area contributed by atoms with Crippen LogP contribution in [0.2, 0.25) is 0 Å². The first-order chi connectivity index (χ1) is 30.0. The predicted molar refractivity (Wildman–Crippen MR) is 225 cm³/mol. The summed E-state index contributed by atoms with van der Waals surface area (Å²) in [6.07, 6.45) is 0.776. The molecule has 2 aliphatic rings. The topological polar surface area (TPSA) is 241 Å². The van der Waals surface area contributed by atoms with Gasteiger partial charge < -0.3 is 41.1 Å². The Labute approximate surface area is 361 Å². The number of anilines is 1. The minimum Gasteiger partial charge on any atom is -0.496 e. The van der Waals surface area contributed by atoms with Gasteiger partial charge in [-0.15, -0.1) is 10.2 Å². The average molecular weight is 880 g/mol. The summed E-state index contributed by atoms with van der Waals surface area (Å²) >= 11 is 0.